The summed E-state index contributed by atoms with van der Waals surface area (Å²) in [5, 5.41) is 0. The SMILES string of the molecule is C=C1CC(C(=O)OCC)(C(=O)OCC)CC1CC(=O)O[C@@H]1C[C@H](C)CC[C@H]1C(C)C. The van der Waals surface area contributed by atoms with E-state index in [2.05, 4.69) is 27.4 Å². The molecule has 2 fully saturated rings. The van der Waals surface area contributed by atoms with Gasteiger partial charge in [-0.1, -0.05) is 39.3 Å². The van der Waals surface area contributed by atoms with Crippen LogP contribution in [0.15, 0.2) is 12.2 Å². The summed E-state index contributed by atoms with van der Waals surface area (Å²) in [6.45, 7) is 14.3. The normalized spacial score (nSPS) is 28.3. The predicted molar refractivity (Wildman–Crippen MR) is 113 cm³/mol. The zero-order valence-electron chi connectivity index (χ0n) is 19.2. The van der Waals surface area contributed by atoms with Gasteiger partial charge in [-0.2, -0.15) is 0 Å². The smallest absolute Gasteiger partial charge is 0.323 e. The van der Waals surface area contributed by atoms with Gasteiger partial charge in [-0.15, -0.1) is 0 Å². The van der Waals surface area contributed by atoms with Gasteiger partial charge in [-0.05, 0) is 63.2 Å². The first-order valence-electron chi connectivity index (χ1n) is 11.4. The molecule has 2 saturated carbocycles. The molecule has 0 N–H and O–H groups in total. The van der Waals surface area contributed by atoms with Gasteiger partial charge in [-0.25, -0.2) is 0 Å². The molecule has 1 unspecified atom stereocenters. The van der Waals surface area contributed by atoms with E-state index in [1.165, 1.54) is 0 Å². The Morgan fingerprint density at radius 2 is 1.70 bits per heavy atom. The van der Waals surface area contributed by atoms with Crippen LogP contribution >= 0.6 is 0 Å². The van der Waals surface area contributed by atoms with Crippen LogP contribution < -0.4 is 0 Å². The minimum atomic E-state index is -1.41. The van der Waals surface area contributed by atoms with E-state index in [4.69, 9.17) is 14.2 Å². The lowest BCUT2D eigenvalue weighted by Gasteiger charge is -2.36. The summed E-state index contributed by atoms with van der Waals surface area (Å²) in [4.78, 5) is 38.1. The lowest BCUT2D eigenvalue weighted by molar-refractivity contribution is -0.172. The first kappa shape index (κ1) is 24.4. The molecule has 170 valence electrons. The fourth-order valence-corrected chi connectivity index (χ4v) is 4.99. The molecular formula is C24H38O6. The van der Waals surface area contributed by atoms with Crippen LogP contribution in [-0.4, -0.2) is 37.2 Å². The Balaban J connectivity index is 2.08. The molecule has 0 saturated heterocycles. The Hall–Kier alpha value is -1.85. The average Bonchev–Trinajstić information content (AvgIpc) is 2.99. The lowest BCUT2D eigenvalue weighted by Crippen LogP contribution is -2.40. The van der Waals surface area contributed by atoms with Crippen molar-refractivity contribution in [2.24, 2.45) is 29.1 Å². The van der Waals surface area contributed by atoms with Crippen LogP contribution in [-0.2, 0) is 28.6 Å². The van der Waals surface area contributed by atoms with Gasteiger partial charge in [0.05, 0.1) is 19.6 Å². The molecule has 6 heteroatoms. The van der Waals surface area contributed by atoms with Crippen molar-refractivity contribution in [3.05, 3.63) is 12.2 Å². The minimum absolute atomic E-state index is 0.0733. The summed E-state index contributed by atoms with van der Waals surface area (Å²) in [6.07, 6.45) is 3.49. The van der Waals surface area contributed by atoms with Crippen molar-refractivity contribution < 1.29 is 28.6 Å². The maximum Gasteiger partial charge on any atom is 0.323 e. The lowest BCUT2D eigenvalue weighted by atomic mass is 9.75. The minimum Gasteiger partial charge on any atom is -0.465 e. The van der Waals surface area contributed by atoms with Crippen LogP contribution in [0.4, 0.5) is 0 Å². The molecule has 0 aromatic rings. The molecule has 2 rings (SSSR count). The highest BCUT2D eigenvalue weighted by atomic mass is 16.6. The van der Waals surface area contributed by atoms with Crippen molar-refractivity contribution in [2.75, 3.05) is 13.2 Å². The second-order valence-electron chi connectivity index (χ2n) is 9.32. The molecule has 0 aromatic carbocycles. The maximum absolute atomic E-state index is 12.8. The van der Waals surface area contributed by atoms with E-state index in [0.29, 0.717) is 23.3 Å². The van der Waals surface area contributed by atoms with E-state index in [9.17, 15) is 14.4 Å². The number of carbonyl (C=O) groups is 3. The topological polar surface area (TPSA) is 78.9 Å². The van der Waals surface area contributed by atoms with Gasteiger partial charge in [0.1, 0.15) is 6.10 Å². The third kappa shape index (κ3) is 5.44. The molecule has 0 aromatic heterocycles. The van der Waals surface area contributed by atoms with E-state index in [-0.39, 0.29) is 50.5 Å². The molecule has 2 aliphatic carbocycles. The standard InChI is InChI=1S/C24H38O6/c1-7-28-22(26)24(23(27)29-8-2)13-17(6)18(14-24)12-21(25)30-20-11-16(5)9-10-19(20)15(3)4/h15-16,18-20H,6-14H2,1-5H3/t16-,18?,19+,20-/m1/s1. The van der Waals surface area contributed by atoms with Crippen molar-refractivity contribution in [3.8, 4) is 0 Å². The molecule has 0 bridgehead atoms. The van der Waals surface area contributed by atoms with E-state index in [1.807, 2.05) is 0 Å². The Labute approximate surface area is 180 Å². The maximum atomic E-state index is 12.8. The van der Waals surface area contributed by atoms with Gasteiger partial charge in [0.25, 0.3) is 0 Å². The van der Waals surface area contributed by atoms with Crippen LogP contribution in [0.25, 0.3) is 0 Å². The number of allylic oxidation sites excluding steroid dienone is 1. The van der Waals surface area contributed by atoms with Gasteiger partial charge in [-0.3, -0.25) is 14.4 Å². The second-order valence-corrected chi connectivity index (χ2v) is 9.32. The number of esters is 3. The predicted octanol–water partition coefficient (Wildman–Crippen LogP) is 4.46. The number of carbonyl (C=O) groups excluding carboxylic acids is 3. The Bertz CT molecular complexity index is 634. The molecule has 0 spiro atoms. The number of rotatable bonds is 8. The third-order valence-electron chi connectivity index (χ3n) is 6.69. The molecular weight excluding hydrogens is 384 g/mol. The summed E-state index contributed by atoms with van der Waals surface area (Å²) in [5.41, 5.74) is -0.709. The zero-order chi connectivity index (χ0) is 22.5. The van der Waals surface area contributed by atoms with Crippen LogP contribution in [0.1, 0.15) is 73.1 Å². The quantitative estimate of drug-likeness (QED) is 0.249. The molecule has 4 atom stereocenters. The average molecular weight is 423 g/mol. The summed E-state index contributed by atoms with van der Waals surface area (Å²) in [7, 11) is 0. The van der Waals surface area contributed by atoms with Crippen molar-refractivity contribution in [2.45, 2.75) is 79.2 Å². The number of hydrogen-bond acceptors (Lipinski definition) is 6. The summed E-state index contributed by atoms with van der Waals surface area (Å²) in [6, 6.07) is 0. The summed E-state index contributed by atoms with van der Waals surface area (Å²) < 4.78 is 16.3. The fourth-order valence-electron chi connectivity index (χ4n) is 4.99. The number of hydrogen-bond donors (Lipinski definition) is 0. The molecule has 6 nitrogen and oxygen atoms in total. The Kier molecular flexibility index (Phi) is 8.51. The van der Waals surface area contributed by atoms with Crippen LogP contribution in [0.3, 0.4) is 0 Å². The highest BCUT2D eigenvalue weighted by molar-refractivity contribution is 6.01. The molecule has 0 aliphatic heterocycles. The van der Waals surface area contributed by atoms with E-state index in [1.54, 1.807) is 13.8 Å². The highest BCUT2D eigenvalue weighted by Gasteiger charge is 2.55. The van der Waals surface area contributed by atoms with Crippen molar-refractivity contribution in [1.29, 1.82) is 0 Å². The monoisotopic (exact) mass is 422 g/mol. The highest BCUT2D eigenvalue weighted by Crippen LogP contribution is 2.48. The zero-order valence-corrected chi connectivity index (χ0v) is 19.2. The molecule has 0 heterocycles. The molecule has 0 radical (unpaired) electrons. The van der Waals surface area contributed by atoms with Crippen molar-refractivity contribution >= 4 is 17.9 Å². The van der Waals surface area contributed by atoms with Crippen LogP contribution in [0, 0.1) is 29.1 Å². The van der Waals surface area contributed by atoms with E-state index in [0.717, 1.165) is 19.3 Å². The van der Waals surface area contributed by atoms with Gasteiger partial charge in [0.15, 0.2) is 5.41 Å². The van der Waals surface area contributed by atoms with E-state index >= 15 is 0 Å². The van der Waals surface area contributed by atoms with Crippen molar-refractivity contribution in [1.82, 2.24) is 0 Å². The summed E-state index contributed by atoms with van der Waals surface area (Å²) >= 11 is 0. The molecule has 2 aliphatic rings. The second kappa shape index (κ2) is 10.5. The fraction of sp³-hybridized carbons (Fsp3) is 0.792. The van der Waals surface area contributed by atoms with E-state index < -0.39 is 17.4 Å². The number of ether oxygens (including phenoxy) is 3. The van der Waals surface area contributed by atoms with Gasteiger partial charge in [0.2, 0.25) is 0 Å². The van der Waals surface area contributed by atoms with Crippen LogP contribution in [0.2, 0.25) is 0 Å². The van der Waals surface area contributed by atoms with Crippen LogP contribution in [0.5, 0.6) is 0 Å². The van der Waals surface area contributed by atoms with Gasteiger partial charge >= 0.3 is 17.9 Å². The van der Waals surface area contributed by atoms with Gasteiger partial charge in [0, 0.05) is 0 Å². The summed E-state index contributed by atoms with van der Waals surface area (Å²) in [5.74, 6) is -0.409. The largest absolute Gasteiger partial charge is 0.465 e. The first-order valence-corrected chi connectivity index (χ1v) is 11.4. The Morgan fingerprint density at radius 3 is 2.23 bits per heavy atom. The molecule has 30 heavy (non-hydrogen) atoms. The molecule has 0 amide bonds. The van der Waals surface area contributed by atoms with Crippen molar-refractivity contribution in [3.63, 3.8) is 0 Å². The van der Waals surface area contributed by atoms with Gasteiger partial charge < -0.3 is 14.2 Å². The first-order chi connectivity index (χ1) is 14.1. The Morgan fingerprint density at radius 1 is 1.10 bits per heavy atom. The third-order valence-corrected chi connectivity index (χ3v) is 6.69.